The van der Waals surface area contributed by atoms with Crippen LogP contribution in [0.3, 0.4) is 0 Å². The molecule has 0 atom stereocenters. The number of aromatic amines is 1. The summed E-state index contributed by atoms with van der Waals surface area (Å²) in [7, 11) is -1.95. The van der Waals surface area contributed by atoms with Crippen LogP contribution in [-0.4, -0.2) is 24.3 Å². The van der Waals surface area contributed by atoms with Crippen LogP contribution < -0.4 is 4.43 Å². The Morgan fingerprint density at radius 3 is 2.25 bits per heavy atom. The van der Waals surface area contributed by atoms with E-state index >= 15 is 0 Å². The fourth-order valence-corrected chi connectivity index (χ4v) is 3.88. The molecule has 3 aromatic rings. The van der Waals surface area contributed by atoms with Gasteiger partial charge in [0.1, 0.15) is 11.4 Å². The van der Waals surface area contributed by atoms with E-state index in [1.807, 2.05) is 54.6 Å². The quantitative estimate of drug-likeness (QED) is 0.408. The van der Waals surface area contributed by atoms with Crippen LogP contribution in [0.25, 0.3) is 22.5 Å². The molecule has 1 N–H and O–H groups in total. The standard InChI is InChI=1S/C23H28N2O2Si/c1-16(26)20-21(17-11-8-7-9-12-17)24-25-22(20)18-13-10-14-19(15-18)27-28(5,6)23(2,3)4/h7-15H,1-6H3,(H,24,25). The van der Waals surface area contributed by atoms with Crippen LogP contribution in [0.1, 0.15) is 38.1 Å². The highest BCUT2D eigenvalue weighted by atomic mass is 28.4. The fraction of sp³-hybridized carbons (Fsp3) is 0.304. The predicted molar refractivity (Wildman–Crippen MR) is 117 cm³/mol. The van der Waals surface area contributed by atoms with Crippen molar-refractivity contribution in [3.05, 3.63) is 60.2 Å². The minimum absolute atomic E-state index is 0.0154. The molecule has 0 aliphatic carbocycles. The summed E-state index contributed by atoms with van der Waals surface area (Å²) in [6.45, 7) is 12.7. The van der Waals surface area contributed by atoms with Crippen LogP contribution in [-0.2, 0) is 0 Å². The number of Topliss-reactive ketones (excluding diaryl/α,β-unsaturated/α-hetero) is 1. The van der Waals surface area contributed by atoms with Gasteiger partial charge in [0.25, 0.3) is 0 Å². The average molecular weight is 393 g/mol. The minimum Gasteiger partial charge on any atom is -0.543 e. The summed E-state index contributed by atoms with van der Waals surface area (Å²) < 4.78 is 6.44. The summed E-state index contributed by atoms with van der Waals surface area (Å²) in [5.41, 5.74) is 3.83. The van der Waals surface area contributed by atoms with Crippen LogP contribution in [0.5, 0.6) is 5.75 Å². The maximum atomic E-state index is 12.5. The third-order valence-corrected chi connectivity index (χ3v) is 9.83. The Hall–Kier alpha value is -2.66. The van der Waals surface area contributed by atoms with Crippen molar-refractivity contribution in [1.29, 1.82) is 0 Å². The van der Waals surface area contributed by atoms with Crippen molar-refractivity contribution in [2.75, 3.05) is 0 Å². The van der Waals surface area contributed by atoms with Crippen molar-refractivity contribution >= 4 is 14.1 Å². The smallest absolute Gasteiger partial charge is 0.250 e. The summed E-state index contributed by atoms with van der Waals surface area (Å²) in [4.78, 5) is 12.5. The van der Waals surface area contributed by atoms with E-state index in [0.717, 1.165) is 22.6 Å². The lowest BCUT2D eigenvalue weighted by Gasteiger charge is -2.36. The molecule has 0 aliphatic heterocycles. The molecule has 0 bridgehead atoms. The molecule has 0 aliphatic rings. The molecule has 3 rings (SSSR count). The predicted octanol–water partition coefficient (Wildman–Crippen LogP) is 6.33. The summed E-state index contributed by atoms with van der Waals surface area (Å²) in [5.74, 6) is 0.807. The third kappa shape index (κ3) is 3.94. The maximum absolute atomic E-state index is 12.5. The van der Waals surface area contributed by atoms with Crippen molar-refractivity contribution < 1.29 is 9.22 Å². The molecule has 0 spiro atoms. The largest absolute Gasteiger partial charge is 0.543 e. The number of aromatic nitrogens is 2. The molecule has 4 nitrogen and oxygen atoms in total. The van der Waals surface area contributed by atoms with Gasteiger partial charge in [0.15, 0.2) is 5.78 Å². The number of rotatable bonds is 5. The van der Waals surface area contributed by atoms with Gasteiger partial charge in [0, 0.05) is 11.1 Å². The van der Waals surface area contributed by atoms with Crippen LogP contribution in [0.15, 0.2) is 54.6 Å². The second-order valence-electron chi connectivity index (χ2n) is 8.63. The first-order chi connectivity index (χ1) is 13.1. The van der Waals surface area contributed by atoms with E-state index in [4.69, 9.17) is 4.43 Å². The van der Waals surface area contributed by atoms with E-state index in [1.165, 1.54) is 0 Å². The SMILES string of the molecule is CC(=O)c1c(-c2cccc(O[Si](C)(C)C(C)(C)C)c2)n[nH]c1-c1ccccc1. The first-order valence-corrected chi connectivity index (χ1v) is 12.4. The molecule has 5 heteroatoms. The van der Waals surface area contributed by atoms with Crippen LogP contribution in [0, 0.1) is 0 Å². The van der Waals surface area contributed by atoms with Gasteiger partial charge in [0.05, 0.1) is 11.3 Å². The number of H-pyrrole nitrogens is 1. The number of hydrogen-bond acceptors (Lipinski definition) is 3. The minimum atomic E-state index is -1.95. The molecule has 0 saturated heterocycles. The Morgan fingerprint density at radius 2 is 1.64 bits per heavy atom. The zero-order chi connectivity index (χ0) is 20.5. The lowest BCUT2D eigenvalue weighted by Crippen LogP contribution is -2.43. The van der Waals surface area contributed by atoms with Gasteiger partial charge in [0.2, 0.25) is 8.32 Å². The van der Waals surface area contributed by atoms with E-state index in [0.29, 0.717) is 11.3 Å². The van der Waals surface area contributed by atoms with E-state index < -0.39 is 8.32 Å². The van der Waals surface area contributed by atoms with Gasteiger partial charge in [-0.1, -0.05) is 63.2 Å². The monoisotopic (exact) mass is 392 g/mol. The molecular formula is C23H28N2O2Si. The topological polar surface area (TPSA) is 55.0 Å². The molecule has 28 heavy (non-hydrogen) atoms. The molecule has 146 valence electrons. The zero-order valence-electron chi connectivity index (χ0n) is 17.5. The summed E-state index contributed by atoms with van der Waals surface area (Å²) in [6.07, 6.45) is 0. The molecule has 0 unspecified atom stereocenters. The lowest BCUT2D eigenvalue weighted by molar-refractivity contribution is 0.101. The van der Waals surface area contributed by atoms with Crippen molar-refractivity contribution in [3.8, 4) is 28.3 Å². The molecule has 0 fully saturated rings. The molecule has 1 heterocycles. The Kier molecular flexibility index (Phi) is 5.30. The number of ketones is 1. The molecule has 0 amide bonds. The van der Waals surface area contributed by atoms with Crippen molar-refractivity contribution in [3.63, 3.8) is 0 Å². The van der Waals surface area contributed by atoms with Gasteiger partial charge in [-0.3, -0.25) is 9.89 Å². The first kappa shape index (κ1) is 20.1. The van der Waals surface area contributed by atoms with Gasteiger partial charge in [-0.05, 0) is 37.2 Å². The Labute approximate surface area is 168 Å². The van der Waals surface area contributed by atoms with Gasteiger partial charge >= 0.3 is 0 Å². The fourth-order valence-electron chi connectivity index (χ4n) is 2.86. The second kappa shape index (κ2) is 7.39. The lowest BCUT2D eigenvalue weighted by atomic mass is 9.99. The number of carbonyl (C=O) groups is 1. The Bertz CT molecular complexity index is 985. The summed E-state index contributed by atoms with van der Waals surface area (Å²) in [5, 5.41) is 7.65. The summed E-state index contributed by atoms with van der Waals surface area (Å²) in [6, 6.07) is 17.7. The summed E-state index contributed by atoms with van der Waals surface area (Å²) >= 11 is 0. The molecular weight excluding hydrogens is 364 g/mol. The normalized spacial score (nSPS) is 12.1. The van der Waals surface area contributed by atoms with Crippen molar-refractivity contribution in [2.24, 2.45) is 0 Å². The number of carbonyl (C=O) groups excluding carboxylic acids is 1. The van der Waals surface area contributed by atoms with Crippen molar-refractivity contribution in [1.82, 2.24) is 10.2 Å². The second-order valence-corrected chi connectivity index (χ2v) is 13.4. The highest BCUT2D eigenvalue weighted by Gasteiger charge is 2.39. The molecule has 0 radical (unpaired) electrons. The van der Waals surface area contributed by atoms with E-state index in [9.17, 15) is 4.79 Å². The number of hydrogen-bond donors (Lipinski definition) is 1. The van der Waals surface area contributed by atoms with Gasteiger partial charge in [-0.25, -0.2) is 0 Å². The van der Waals surface area contributed by atoms with Gasteiger partial charge < -0.3 is 4.43 Å². The first-order valence-electron chi connectivity index (χ1n) is 9.54. The van der Waals surface area contributed by atoms with Gasteiger partial charge in [-0.2, -0.15) is 5.10 Å². The molecule has 2 aromatic carbocycles. The number of nitrogens with zero attached hydrogens (tertiary/aromatic N) is 1. The highest BCUT2D eigenvalue weighted by molar-refractivity contribution is 6.74. The van der Waals surface area contributed by atoms with E-state index in [2.05, 4.69) is 44.1 Å². The maximum Gasteiger partial charge on any atom is 0.250 e. The number of nitrogens with one attached hydrogen (secondary N) is 1. The van der Waals surface area contributed by atoms with Gasteiger partial charge in [-0.15, -0.1) is 0 Å². The van der Waals surface area contributed by atoms with Crippen LogP contribution in [0.4, 0.5) is 0 Å². The number of benzene rings is 2. The van der Waals surface area contributed by atoms with E-state index in [-0.39, 0.29) is 10.8 Å². The molecule has 1 aromatic heterocycles. The van der Waals surface area contributed by atoms with Crippen LogP contribution in [0.2, 0.25) is 18.1 Å². The Balaban J connectivity index is 2.04. The van der Waals surface area contributed by atoms with Crippen LogP contribution >= 0.6 is 0 Å². The molecule has 0 saturated carbocycles. The highest BCUT2D eigenvalue weighted by Crippen LogP contribution is 2.38. The third-order valence-electron chi connectivity index (χ3n) is 5.47. The average Bonchev–Trinajstić information content (AvgIpc) is 3.07. The van der Waals surface area contributed by atoms with Crippen molar-refractivity contribution in [2.45, 2.75) is 45.8 Å². The van der Waals surface area contributed by atoms with E-state index in [1.54, 1.807) is 6.92 Å². The zero-order valence-corrected chi connectivity index (χ0v) is 18.5. The Morgan fingerprint density at radius 1 is 1.00 bits per heavy atom.